The molecule has 106 valence electrons. The van der Waals surface area contributed by atoms with Crippen molar-refractivity contribution in [1.29, 1.82) is 0 Å². The van der Waals surface area contributed by atoms with E-state index in [4.69, 9.17) is 0 Å². The van der Waals surface area contributed by atoms with Crippen LogP contribution >= 0.6 is 0 Å². The van der Waals surface area contributed by atoms with Crippen molar-refractivity contribution in [3.63, 3.8) is 0 Å². The predicted octanol–water partition coefficient (Wildman–Crippen LogP) is 1.99. The molecule has 1 aliphatic heterocycles. The van der Waals surface area contributed by atoms with Crippen LogP contribution in [0.5, 0.6) is 0 Å². The monoisotopic (exact) mass is 266 g/mol. The fourth-order valence-corrected chi connectivity index (χ4v) is 3.07. The molecule has 5 heteroatoms. The van der Waals surface area contributed by atoms with Gasteiger partial charge in [0.1, 0.15) is 6.04 Å². The van der Waals surface area contributed by atoms with Crippen LogP contribution in [0.2, 0.25) is 0 Å². The molecule has 1 saturated heterocycles. The summed E-state index contributed by atoms with van der Waals surface area (Å²) in [5.41, 5.74) is -0.380. The summed E-state index contributed by atoms with van der Waals surface area (Å²) in [5, 5.41) is 12.4. The standard InChI is InChI=1S/C14H22N2O3/c1-14(2)8-5-9-16(11(14)12(17)18)13(19)15-10-6-3-4-7-10/h3-4,10-11H,5-9H2,1-2H3,(H,15,19)(H,17,18). The van der Waals surface area contributed by atoms with Gasteiger partial charge < -0.3 is 15.3 Å². The number of urea groups is 1. The largest absolute Gasteiger partial charge is 0.480 e. The summed E-state index contributed by atoms with van der Waals surface area (Å²) >= 11 is 0. The normalized spacial score (nSPS) is 26.4. The third kappa shape index (κ3) is 2.91. The van der Waals surface area contributed by atoms with Gasteiger partial charge in [-0.3, -0.25) is 0 Å². The van der Waals surface area contributed by atoms with Gasteiger partial charge in [-0.25, -0.2) is 9.59 Å². The predicted molar refractivity (Wildman–Crippen MR) is 71.8 cm³/mol. The number of aliphatic carboxylic acids is 1. The number of carboxylic acids is 1. The van der Waals surface area contributed by atoms with Crippen molar-refractivity contribution in [2.45, 2.75) is 51.6 Å². The molecule has 0 radical (unpaired) electrons. The number of nitrogens with zero attached hydrogens (tertiary/aromatic N) is 1. The molecule has 0 saturated carbocycles. The minimum absolute atomic E-state index is 0.118. The molecule has 2 aliphatic rings. The minimum atomic E-state index is -0.913. The number of hydrogen-bond donors (Lipinski definition) is 2. The van der Waals surface area contributed by atoms with Gasteiger partial charge in [-0.15, -0.1) is 0 Å². The molecule has 2 amide bonds. The summed E-state index contributed by atoms with van der Waals surface area (Å²) in [6.45, 7) is 4.36. The highest BCUT2D eigenvalue weighted by Crippen LogP contribution is 2.35. The van der Waals surface area contributed by atoms with Crippen molar-refractivity contribution >= 4 is 12.0 Å². The Bertz CT molecular complexity index is 395. The van der Waals surface area contributed by atoms with Gasteiger partial charge in [0, 0.05) is 12.6 Å². The van der Waals surface area contributed by atoms with Gasteiger partial charge in [-0.05, 0) is 31.1 Å². The number of carbonyl (C=O) groups excluding carboxylic acids is 1. The van der Waals surface area contributed by atoms with E-state index in [9.17, 15) is 14.7 Å². The fourth-order valence-electron chi connectivity index (χ4n) is 3.07. The number of likely N-dealkylation sites (tertiary alicyclic amines) is 1. The zero-order valence-corrected chi connectivity index (χ0v) is 11.6. The molecule has 1 aliphatic carbocycles. The van der Waals surface area contributed by atoms with Crippen molar-refractivity contribution in [1.82, 2.24) is 10.2 Å². The number of carbonyl (C=O) groups is 2. The van der Waals surface area contributed by atoms with Crippen LogP contribution in [0, 0.1) is 5.41 Å². The Balaban J connectivity index is 2.07. The highest BCUT2D eigenvalue weighted by atomic mass is 16.4. The summed E-state index contributed by atoms with van der Waals surface area (Å²) in [4.78, 5) is 25.3. The lowest BCUT2D eigenvalue weighted by Gasteiger charge is -2.44. The van der Waals surface area contributed by atoms with Crippen LogP contribution in [0.4, 0.5) is 4.79 Å². The van der Waals surface area contributed by atoms with E-state index in [0.29, 0.717) is 6.54 Å². The molecule has 1 atom stereocenters. The third-order valence-corrected chi connectivity index (χ3v) is 4.10. The molecule has 2 N–H and O–H groups in total. The lowest BCUT2D eigenvalue weighted by Crippen LogP contribution is -2.59. The summed E-state index contributed by atoms with van der Waals surface area (Å²) in [5.74, 6) is -0.913. The van der Waals surface area contributed by atoms with Gasteiger partial charge in [-0.1, -0.05) is 26.0 Å². The molecular weight excluding hydrogens is 244 g/mol. The lowest BCUT2D eigenvalue weighted by molar-refractivity contribution is -0.148. The topological polar surface area (TPSA) is 69.6 Å². The molecule has 1 heterocycles. The second-order valence-electron chi connectivity index (χ2n) is 6.12. The molecule has 5 nitrogen and oxygen atoms in total. The van der Waals surface area contributed by atoms with Crippen LogP contribution in [0.1, 0.15) is 39.5 Å². The highest BCUT2D eigenvalue weighted by molar-refractivity contribution is 5.83. The number of carboxylic acid groups (broad SMARTS) is 1. The Labute approximate surface area is 113 Å². The van der Waals surface area contributed by atoms with E-state index in [-0.39, 0.29) is 17.5 Å². The fraction of sp³-hybridized carbons (Fsp3) is 0.714. The van der Waals surface area contributed by atoms with E-state index < -0.39 is 12.0 Å². The SMILES string of the molecule is CC1(C)CCCN(C(=O)NC2CC=CC2)C1C(=O)O. The zero-order valence-electron chi connectivity index (χ0n) is 11.6. The van der Waals surface area contributed by atoms with E-state index >= 15 is 0 Å². The smallest absolute Gasteiger partial charge is 0.327 e. The average molecular weight is 266 g/mol. The van der Waals surface area contributed by atoms with Gasteiger partial charge in [-0.2, -0.15) is 0 Å². The van der Waals surface area contributed by atoms with Crippen LogP contribution in [0.25, 0.3) is 0 Å². The first-order chi connectivity index (χ1) is 8.92. The van der Waals surface area contributed by atoms with Crippen molar-refractivity contribution in [2.75, 3.05) is 6.54 Å². The molecule has 0 aromatic carbocycles. The zero-order chi connectivity index (χ0) is 14.0. The molecule has 1 unspecified atom stereocenters. The van der Waals surface area contributed by atoms with Gasteiger partial charge >= 0.3 is 12.0 Å². The van der Waals surface area contributed by atoms with E-state index in [2.05, 4.69) is 5.32 Å². The first kappa shape index (κ1) is 13.9. The van der Waals surface area contributed by atoms with E-state index in [0.717, 1.165) is 25.7 Å². The molecular formula is C14H22N2O3. The Morgan fingerprint density at radius 2 is 1.95 bits per heavy atom. The molecule has 0 spiro atoms. The maximum Gasteiger partial charge on any atom is 0.327 e. The molecule has 19 heavy (non-hydrogen) atoms. The van der Waals surface area contributed by atoms with Crippen LogP contribution in [-0.2, 0) is 4.79 Å². The summed E-state index contributed by atoms with van der Waals surface area (Å²) < 4.78 is 0. The summed E-state index contributed by atoms with van der Waals surface area (Å²) in [6, 6.07) is -0.864. The van der Waals surface area contributed by atoms with E-state index in [1.54, 1.807) is 0 Å². The van der Waals surface area contributed by atoms with E-state index in [1.165, 1.54) is 4.90 Å². The number of hydrogen-bond acceptors (Lipinski definition) is 2. The van der Waals surface area contributed by atoms with Crippen LogP contribution < -0.4 is 5.32 Å². The maximum atomic E-state index is 12.3. The average Bonchev–Trinajstić information content (AvgIpc) is 2.79. The number of nitrogens with one attached hydrogen (secondary N) is 1. The number of rotatable bonds is 2. The molecule has 0 bridgehead atoms. The summed E-state index contributed by atoms with van der Waals surface area (Å²) in [6.07, 6.45) is 7.44. The second kappa shape index (κ2) is 5.23. The Kier molecular flexibility index (Phi) is 3.83. The van der Waals surface area contributed by atoms with Crippen molar-refractivity contribution in [3.8, 4) is 0 Å². The molecule has 0 aromatic rings. The number of amides is 2. The lowest BCUT2D eigenvalue weighted by atomic mass is 9.76. The molecule has 2 rings (SSSR count). The third-order valence-electron chi connectivity index (χ3n) is 4.10. The van der Waals surface area contributed by atoms with Crippen LogP contribution in [-0.4, -0.2) is 40.6 Å². The van der Waals surface area contributed by atoms with Crippen molar-refractivity contribution < 1.29 is 14.7 Å². The van der Waals surface area contributed by atoms with Crippen molar-refractivity contribution in [3.05, 3.63) is 12.2 Å². The quantitative estimate of drug-likeness (QED) is 0.751. The Morgan fingerprint density at radius 3 is 2.53 bits per heavy atom. The second-order valence-corrected chi connectivity index (χ2v) is 6.12. The van der Waals surface area contributed by atoms with E-state index in [1.807, 2.05) is 26.0 Å². The summed E-state index contributed by atoms with van der Waals surface area (Å²) in [7, 11) is 0. The Morgan fingerprint density at radius 1 is 1.32 bits per heavy atom. The van der Waals surface area contributed by atoms with Gasteiger partial charge in [0.05, 0.1) is 0 Å². The van der Waals surface area contributed by atoms with Gasteiger partial charge in [0.25, 0.3) is 0 Å². The maximum absolute atomic E-state index is 12.3. The minimum Gasteiger partial charge on any atom is -0.480 e. The van der Waals surface area contributed by atoms with Gasteiger partial charge in [0.2, 0.25) is 0 Å². The first-order valence-electron chi connectivity index (χ1n) is 6.87. The van der Waals surface area contributed by atoms with Gasteiger partial charge in [0.15, 0.2) is 0 Å². The van der Waals surface area contributed by atoms with Crippen LogP contribution in [0.15, 0.2) is 12.2 Å². The number of piperidine rings is 1. The highest BCUT2D eigenvalue weighted by Gasteiger charge is 2.44. The Hall–Kier alpha value is -1.52. The molecule has 1 fully saturated rings. The molecule has 0 aromatic heterocycles. The van der Waals surface area contributed by atoms with Crippen molar-refractivity contribution in [2.24, 2.45) is 5.41 Å². The first-order valence-corrected chi connectivity index (χ1v) is 6.87. The van der Waals surface area contributed by atoms with Crippen LogP contribution in [0.3, 0.4) is 0 Å².